The van der Waals surface area contributed by atoms with Gasteiger partial charge in [-0.2, -0.15) is 5.10 Å². The Kier molecular flexibility index (Phi) is 6.94. The number of hydrogen-bond acceptors (Lipinski definition) is 8. The van der Waals surface area contributed by atoms with Crippen LogP contribution in [0, 0.1) is 5.92 Å². The van der Waals surface area contributed by atoms with Crippen molar-refractivity contribution in [3.8, 4) is 22.6 Å². The smallest absolute Gasteiger partial charge is 0.237 e. The first-order valence-electron chi connectivity index (χ1n) is 15.4. The molecule has 8 rings (SSSR count). The number of aromatic nitrogens is 5. The predicted molar refractivity (Wildman–Crippen MR) is 171 cm³/mol. The summed E-state index contributed by atoms with van der Waals surface area (Å²) >= 11 is 0. The van der Waals surface area contributed by atoms with Crippen LogP contribution in [0.5, 0.6) is 0 Å². The number of likely N-dealkylation sites (tertiary alicyclic amines) is 2. The lowest BCUT2D eigenvalue weighted by molar-refractivity contribution is -0.133. The molecule has 3 saturated heterocycles. The van der Waals surface area contributed by atoms with Crippen LogP contribution in [0.15, 0.2) is 85.5 Å². The van der Waals surface area contributed by atoms with Crippen LogP contribution in [0.2, 0.25) is 0 Å². The molecule has 0 radical (unpaired) electrons. The van der Waals surface area contributed by atoms with Gasteiger partial charge in [0.05, 0.1) is 24.0 Å². The highest BCUT2D eigenvalue weighted by molar-refractivity contribution is 5.99. The van der Waals surface area contributed by atoms with E-state index in [-0.39, 0.29) is 23.8 Å². The number of fused-ring (bicyclic) bond motifs is 3. The highest BCUT2D eigenvalue weighted by Gasteiger charge is 2.45. The number of anilines is 2. The van der Waals surface area contributed by atoms with Crippen LogP contribution in [0.3, 0.4) is 0 Å². The molecule has 2 amide bonds. The van der Waals surface area contributed by atoms with E-state index in [1.54, 1.807) is 24.8 Å². The van der Waals surface area contributed by atoms with Crippen LogP contribution in [0.25, 0.3) is 33.5 Å². The lowest BCUT2D eigenvalue weighted by Gasteiger charge is -2.36. The highest BCUT2D eigenvalue weighted by atomic mass is 16.2. The van der Waals surface area contributed by atoms with Gasteiger partial charge in [-0.3, -0.25) is 24.6 Å². The van der Waals surface area contributed by atoms with Crippen molar-refractivity contribution in [2.45, 2.75) is 24.9 Å². The molecule has 0 aliphatic carbocycles. The Hall–Kier alpha value is -5.16. The number of piperazine rings is 1. The van der Waals surface area contributed by atoms with Crippen molar-refractivity contribution in [1.82, 2.24) is 34.9 Å². The van der Waals surface area contributed by atoms with Crippen LogP contribution >= 0.6 is 0 Å². The van der Waals surface area contributed by atoms with Crippen molar-refractivity contribution in [2.75, 3.05) is 42.9 Å². The van der Waals surface area contributed by atoms with Crippen LogP contribution in [-0.4, -0.2) is 91.6 Å². The van der Waals surface area contributed by atoms with Crippen molar-refractivity contribution in [3.05, 3.63) is 85.5 Å². The molecular weight excluding hydrogens is 566 g/mol. The number of rotatable bonds is 7. The van der Waals surface area contributed by atoms with E-state index in [1.807, 2.05) is 36.4 Å². The quantitative estimate of drug-likeness (QED) is 0.289. The Labute approximate surface area is 260 Å². The molecule has 45 heavy (non-hydrogen) atoms. The summed E-state index contributed by atoms with van der Waals surface area (Å²) in [7, 11) is 0. The van der Waals surface area contributed by atoms with E-state index in [0.717, 1.165) is 71.7 Å². The van der Waals surface area contributed by atoms with E-state index in [9.17, 15) is 9.59 Å². The number of nitrogens with one attached hydrogen (secondary N) is 2. The number of hydrogen-bond donors (Lipinski definition) is 2. The number of carbonyl (C=O) groups excluding carboxylic acids is 2. The molecule has 226 valence electrons. The number of pyridine rings is 1. The second-order valence-corrected chi connectivity index (χ2v) is 12.1. The summed E-state index contributed by atoms with van der Waals surface area (Å²) in [4.78, 5) is 46.0. The monoisotopic (exact) mass is 599 g/mol. The van der Waals surface area contributed by atoms with Gasteiger partial charge in [0.15, 0.2) is 5.82 Å². The number of benzene rings is 2. The van der Waals surface area contributed by atoms with Gasteiger partial charge in [0.2, 0.25) is 11.8 Å². The van der Waals surface area contributed by atoms with Gasteiger partial charge in [0.25, 0.3) is 0 Å². The SMILES string of the molecule is O=C(Nc1ccc2[nH]nc(-c3ccncc3)c2c1)[C@@H]1CCN(CC(=O)N2C[C@H]3C[C@@H]2CN3c2ccc(-c3ncccn3)cc2)C1. The van der Waals surface area contributed by atoms with E-state index in [2.05, 4.69) is 69.4 Å². The Morgan fingerprint density at radius 2 is 1.71 bits per heavy atom. The molecule has 5 aromatic rings. The Bertz CT molecular complexity index is 1840. The normalized spacial score (nSPS) is 21.1. The topological polar surface area (TPSA) is 123 Å². The second kappa shape index (κ2) is 11.4. The summed E-state index contributed by atoms with van der Waals surface area (Å²) in [6.45, 7) is 3.26. The van der Waals surface area contributed by atoms with E-state index in [4.69, 9.17) is 0 Å². The molecule has 3 aromatic heterocycles. The molecule has 2 bridgehead atoms. The van der Waals surface area contributed by atoms with Crippen LogP contribution in [0.1, 0.15) is 12.8 Å². The van der Waals surface area contributed by atoms with Gasteiger partial charge in [-0.1, -0.05) is 0 Å². The summed E-state index contributed by atoms with van der Waals surface area (Å²) in [6, 6.07) is 20.4. The average Bonchev–Trinajstić information content (AvgIpc) is 3.90. The van der Waals surface area contributed by atoms with Crippen molar-refractivity contribution in [2.24, 2.45) is 5.92 Å². The van der Waals surface area contributed by atoms with Crippen molar-refractivity contribution >= 4 is 34.1 Å². The molecule has 2 N–H and O–H groups in total. The van der Waals surface area contributed by atoms with Gasteiger partial charge in [0, 0.05) is 78.4 Å². The van der Waals surface area contributed by atoms with Crippen LogP contribution in [-0.2, 0) is 9.59 Å². The molecule has 11 heteroatoms. The van der Waals surface area contributed by atoms with E-state index >= 15 is 0 Å². The summed E-state index contributed by atoms with van der Waals surface area (Å²) in [5.74, 6) is 0.705. The molecule has 3 aliphatic rings. The molecule has 0 saturated carbocycles. The molecule has 3 fully saturated rings. The van der Waals surface area contributed by atoms with E-state index in [0.29, 0.717) is 19.1 Å². The maximum absolute atomic E-state index is 13.4. The Morgan fingerprint density at radius 1 is 0.889 bits per heavy atom. The highest BCUT2D eigenvalue weighted by Crippen LogP contribution is 2.36. The number of nitrogens with zero attached hydrogens (tertiary/aromatic N) is 7. The number of H-pyrrole nitrogens is 1. The first-order chi connectivity index (χ1) is 22.1. The summed E-state index contributed by atoms with van der Waals surface area (Å²) in [5, 5.41) is 11.6. The van der Waals surface area contributed by atoms with Crippen molar-refractivity contribution in [1.29, 1.82) is 0 Å². The molecular formula is C34H33N9O2. The minimum atomic E-state index is -0.160. The molecule has 0 unspecified atom stereocenters. The molecule has 2 aromatic carbocycles. The molecule has 0 spiro atoms. The fraction of sp³-hybridized carbons (Fsp3) is 0.294. The van der Waals surface area contributed by atoms with E-state index < -0.39 is 0 Å². The van der Waals surface area contributed by atoms with Gasteiger partial charge in [0.1, 0.15) is 5.69 Å². The Balaban J connectivity index is 0.849. The van der Waals surface area contributed by atoms with Gasteiger partial charge in [-0.05, 0) is 80.1 Å². The molecule has 11 nitrogen and oxygen atoms in total. The number of carbonyl (C=O) groups is 2. The van der Waals surface area contributed by atoms with E-state index in [1.165, 1.54) is 5.69 Å². The second-order valence-electron chi connectivity index (χ2n) is 12.1. The summed E-state index contributed by atoms with van der Waals surface area (Å²) in [5.41, 5.74) is 5.58. The third-order valence-electron chi connectivity index (χ3n) is 9.37. The predicted octanol–water partition coefficient (Wildman–Crippen LogP) is 3.83. The fourth-order valence-electron chi connectivity index (χ4n) is 7.08. The molecule has 3 atom stereocenters. The summed E-state index contributed by atoms with van der Waals surface area (Å²) < 4.78 is 0. The maximum atomic E-state index is 13.4. The Morgan fingerprint density at radius 3 is 2.49 bits per heavy atom. The zero-order valence-electron chi connectivity index (χ0n) is 24.7. The lowest BCUT2D eigenvalue weighted by Crippen LogP contribution is -2.51. The van der Waals surface area contributed by atoms with Crippen molar-refractivity contribution < 1.29 is 9.59 Å². The minimum absolute atomic E-state index is 0.0148. The van der Waals surface area contributed by atoms with Gasteiger partial charge in [-0.15, -0.1) is 0 Å². The summed E-state index contributed by atoms with van der Waals surface area (Å²) in [6.07, 6.45) is 8.71. The third-order valence-corrected chi connectivity index (χ3v) is 9.37. The largest absolute Gasteiger partial charge is 0.365 e. The van der Waals surface area contributed by atoms with Crippen molar-refractivity contribution in [3.63, 3.8) is 0 Å². The first kappa shape index (κ1) is 27.4. The standard InChI is InChI=1S/C34H33N9O2/c44-31(43-20-27-17-28(43)19-42(27)26-5-2-23(3-6-26)33-36-11-1-12-37-33)21-41-15-10-24(18-41)34(45)38-25-4-7-30-29(16-25)32(40-39-30)22-8-13-35-14-9-22/h1-9,11-14,16,24,27-28H,10,15,17-21H2,(H,38,45)(H,39,40)/t24-,27-,28-/m1/s1. The van der Waals surface area contributed by atoms with Crippen LogP contribution in [0.4, 0.5) is 11.4 Å². The first-order valence-corrected chi connectivity index (χ1v) is 15.4. The van der Waals surface area contributed by atoms with Gasteiger partial charge < -0.3 is 15.1 Å². The van der Waals surface area contributed by atoms with Gasteiger partial charge >= 0.3 is 0 Å². The van der Waals surface area contributed by atoms with Crippen LogP contribution < -0.4 is 10.2 Å². The van der Waals surface area contributed by atoms with Gasteiger partial charge in [-0.25, -0.2) is 9.97 Å². The number of aromatic amines is 1. The minimum Gasteiger partial charge on any atom is -0.365 e. The molecule has 6 heterocycles. The number of amides is 2. The molecule has 3 aliphatic heterocycles. The average molecular weight is 600 g/mol. The zero-order valence-corrected chi connectivity index (χ0v) is 24.7. The fourth-order valence-corrected chi connectivity index (χ4v) is 7.08. The maximum Gasteiger partial charge on any atom is 0.237 e. The lowest BCUT2D eigenvalue weighted by atomic mass is 10.1. The third kappa shape index (κ3) is 5.29. The zero-order chi connectivity index (χ0) is 30.3.